The zero-order valence-electron chi connectivity index (χ0n) is 21.2. The predicted octanol–water partition coefficient (Wildman–Crippen LogP) is 3.91. The van der Waals surface area contributed by atoms with E-state index in [-0.39, 0.29) is 5.91 Å². The van der Waals surface area contributed by atoms with Crippen molar-refractivity contribution in [3.05, 3.63) is 72.4 Å². The van der Waals surface area contributed by atoms with Gasteiger partial charge >= 0.3 is 12.1 Å². The maximum absolute atomic E-state index is 12.0. The molecule has 0 saturated carbocycles. The Morgan fingerprint density at radius 1 is 0.846 bits per heavy atom. The van der Waals surface area contributed by atoms with E-state index < -0.39 is 12.1 Å². The number of aromatic nitrogens is 2. The van der Waals surface area contributed by atoms with Gasteiger partial charge in [0.15, 0.2) is 0 Å². The second-order valence-corrected chi connectivity index (χ2v) is 7.80. The molecular weight excluding hydrogens is 519 g/mol. The third kappa shape index (κ3) is 13.5. The largest absolute Gasteiger partial charge is 0.492 e. The van der Waals surface area contributed by atoms with E-state index in [0.29, 0.717) is 51.0 Å². The summed E-state index contributed by atoms with van der Waals surface area (Å²) in [7, 11) is 0. The lowest BCUT2D eigenvalue weighted by molar-refractivity contribution is -0.192. The van der Waals surface area contributed by atoms with Crippen molar-refractivity contribution in [3.63, 3.8) is 0 Å². The van der Waals surface area contributed by atoms with Gasteiger partial charge in [-0.05, 0) is 31.2 Å². The van der Waals surface area contributed by atoms with Gasteiger partial charge in [-0.1, -0.05) is 36.4 Å². The lowest BCUT2D eigenvalue weighted by atomic mass is 10.3. The number of rotatable bonds is 13. The highest BCUT2D eigenvalue weighted by molar-refractivity contribution is 5.76. The summed E-state index contributed by atoms with van der Waals surface area (Å²) in [6, 6.07) is 21.0. The molecule has 1 amide bonds. The van der Waals surface area contributed by atoms with Gasteiger partial charge in [-0.3, -0.25) is 4.79 Å². The number of nitrogens with one attached hydrogen (secondary N) is 3. The Morgan fingerprint density at radius 2 is 1.38 bits per heavy atom. The topological polar surface area (TPSA) is 135 Å². The maximum Gasteiger partial charge on any atom is 0.490 e. The second kappa shape index (κ2) is 16.3. The molecule has 0 spiro atoms. The van der Waals surface area contributed by atoms with Crippen LogP contribution in [0.1, 0.15) is 12.1 Å². The van der Waals surface area contributed by atoms with Crippen molar-refractivity contribution < 1.29 is 37.3 Å². The Labute approximate surface area is 223 Å². The number of carbonyl (C=O) groups excluding carboxylic acids is 1. The van der Waals surface area contributed by atoms with Gasteiger partial charge in [0.2, 0.25) is 11.9 Å². The van der Waals surface area contributed by atoms with Crippen LogP contribution in [0, 0.1) is 6.92 Å². The molecule has 0 atom stereocenters. The molecule has 0 fully saturated rings. The number of hydrogen-bond acceptors (Lipinski definition) is 8. The molecule has 10 nitrogen and oxygen atoms in total. The van der Waals surface area contributed by atoms with E-state index in [1.54, 1.807) is 0 Å². The predicted molar refractivity (Wildman–Crippen MR) is 139 cm³/mol. The van der Waals surface area contributed by atoms with Gasteiger partial charge in [0.05, 0.1) is 13.1 Å². The number of ether oxygens (including phenoxy) is 2. The first-order chi connectivity index (χ1) is 18.6. The Bertz CT molecular complexity index is 1150. The molecule has 1 aromatic heterocycles. The Balaban J connectivity index is 0.000000673. The summed E-state index contributed by atoms with van der Waals surface area (Å²) in [5, 5.41) is 16.3. The van der Waals surface area contributed by atoms with Gasteiger partial charge in [-0.25, -0.2) is 9.78 Å². The minimum atomic E-state index is -5.08. The van der Waals surface area contributed by atoms with E-state index in [1.807, 2.05) is 73.7 Å². The summed E-state index contributed by atoms with van der Waals surface area (Å²) in [4.78, 5) is 29.7. The minimum absolute atomic E-state index is 0.0450. The number of benzene rings is 2. The molecule has 13 heteroatoms. The molecule has 2 aromatic carbocycles. The van der Waals surface area contributed by atoms with Gasteiger partial charge < -0.3 is 30.5 Å². The summed E-state index contributed by atoms with van der Waals surface area (Å²) in [6.07, 6.45) is -4.75. The van der Waals surface area contributed by atoms with Gasteiger partial charge in [0.25, 0.3) is 0 Å². The number of aryl methyl sites for hydroxylation is 1. The highest BCUT2D eigenvalue weighted by atomic mass is 19.4. The number of carboxylic acids is 1. The molecule has 39 heavy (non-hydrogen) atoms. The van der Waals surface area contributed by atoms with Crippen LogP contribution in [0.2, 0.25) is 0 Å². The number of aliphatic carboxylic acids is 1. The van der Waals surface area contributed by atoms with Gasteiger partial charge in [0, 0.05) is 24.7 Å². The van der Waals surface area contributed by atoms with Crippen LogP contribution in [0.5, 0.6) is 11.5 Å². The third-order valence-corrected chi connectivity index (χ3v) is 4.59. The molecule has 0 unspecified atom stereocenters. The van der Waals surface area contributed by atoms with Gasteiger partial charge in [-0.2, -0.15) is 18.2 Å². The fourth-order valence-corrected chi connectivity index (χ4v) is 2.86. The van der Waals surface area contributed by atoms with E-state index in [1.165, 1.54) is 0 Å². The van der Waals surface area contributed by atoms with Crippen LogP contribution in [0.15, 0.2) is 66.7 Å². The lowest BCUT2D eigenvalue weighted by Gasteiger charge is -2.11. The number of amides is 1. The number of halogens is 3. The molecule has 210 valence electrons. The van der Waals surface area contributed by atoms with Crippen LogP contribution in [0.3, 0.4) is 0 Å². The number of anilines is 2. The van der Waals surface area contributed by atoms with E-state index in [9.17, 15) is 18.0 Å². The minimum Gasteiger partial charge on any atom is -0.492 e. The quantitative estimate of drug-likeness (QED) is 0.234. The van der Waals surface area contributed by atoms with Crippen molar-refractivity contribution in [1.82, 2.24) is 15.3 Å². The fraction of sp³-hybridized carbons (Fsp3) is 0.308. The normalized spacial score (nSPS) is 10.5. The SMILES string of the molecule is Cc1cc(NCCC(=O)NCCOc2ccccc2)nc(NCCOc2ccccc2)n1.O=C(O)C(F)(F)F. The van der Waals surface area contributed by atoms with Crippen LogP contribution in [-0.2, 0) is 9.59 Å². The van der Waals surface area contributed by atoms with Crippen LogP contribution in [0.25, 0.3) is 0 Å². The first kappa shape index (κ1) is 30.7. The first-order valence-corrected chi connectivity index (χ1v) is 11.9. The zero-order chi connectivity index (χ0) is 28.5. The smallest absolute Gasteiger partial charge is 0.490 e. The van der Waals surface area contributed by atoms with Crippen LogP contribution in [-0.4, -0.2) is 66.0 Å². The van der Waals surface area contributed by atoms with Crippen LogP contribution in [0.4, 0.5) is 24.9 Å². The number of carboxylic acid groups (broad SMARTS) is 1. The van der Waals surface area contributed by atoms with Crippen LogP contribution < -0.4 is 25.4 Å². The van der Waals surface area contributed by atoms with Crippen molar-refractivity contribution in [2.75, 3.05) is 43.5 Å². The molecule has 0 aliphatic rings. The van der Waals surface area contributed by atoms with Crippen molar-refractivity contribution in [2.45, 2.75) is 19.5 Å². The maximum atomic E-state index is 12.0. The molecule has 0 aliphatic heterocycles. The molecule has 1 heterocycles. The summed E-state index contributed by atoms with van der Waals surface area (Å²) < 4.78 is 43.0. The summed E-state index contributed by atoms with van der Waals surface area (Å²) in [6.45, 7) is 4.33. The standard InChI is InChI=1S/C24H29N5O3.C2HF3O2/c1-19-18-22(29-24(28-19)27-15-17-32-21-10-6-3-7-11-21)25-13-12-23(30)26-14-16-31-20-8-4-2-5-9-20;3-2(4,5)1(6)7/h2-11,18H,12-17H2,1H3,(H,26,30)(H2,25,27,28,29);(H,6,7). The molecule has 0 bridgehead atoms. The van der Waals surface area contributed by atoms with Gasteiger partial charge in [0.1, 0.15) is 30.5 Å². The molecule has 0 aliphatic carbocycles. The highest BCUT2D eigenvalue weighted by Crippen LogP contribution is 2.13. The fourth-order valence-electron chi connectivity index (χ4n) is 2.86. The molecule has 3 rings (SSSR count). The van der Waals surface area contributed by atoms with E-state index in [2.05, 4.69) is 25.9 Å². The average Bonchev–Trinajstić information content (AvgIpc) is 2.90. The van der Waals surface area contributed by atoms with E-state index >= 15 is 0 Å². The Kier molecular flexibility index (Phi) is 12.8. The number of alkyl halides is 3. The van der Waals surface area contributed by atoms with Gasteiger partial charge in [-0.15, -0.1) is 0 Å². The van der Waals surface area contributed by atoms with E-state index in [4.69, 9.17) is 19.4 Å². The summed E-state index contributed by atoms with van der Waals surface area (Å²) in [5.74, 6) is 0.00465. The molecule has 3 aromatic rings. The van der Waals surface area contributed by atoms with Crippen molar-refractivity contribution in [2.24, 2.45) is 0 Å². The van der Waals surface area contributed by atoms with Crippen molar-refractivity contribution in [3.8, 4) is 11.5 Å². The lowest BCUT2D eigenvalue weighted by Crippen LogP contribution is -2.29. The average molecular weight is 550 g/mol. The number of nitrogens with zero attached hydrogens (tertiary/aromatic N) is 2. The number of para-hydroxylation sites is 2. The number of carbonyl (C=O) groups is 2. The molecule has 4 N–H and O–H groups in total. The molecule has 0 saturated heterocycles. The van der Waals surface area contributed by atoms with Crippen molar-refractivity contribution >= 4 is 23.6 Å². The van der Waals surface area contributed by atoms with Crippen molar-refractivity contribution in [1.29, 1.82) is 0 Å². The Morgan fingerprint density at radius 3 is 1.92 bits per heavy atom. The summed E-state index contributed by atoms with van der Waals surface area (Å²) in [5.41, 5.74) is 0.830. The third-order valence-electron chi connectivity index (χ3n) is 4.59. The van der Waals surface area contributed by atoms with E-state index in [0.717, 1.165) is 17.2 Å². The molecule has 0 radical (unpaired) electrons. The first-order valence-electron chi connectivity index (χ1n) is 11.9. The Hall–Kier alpha value is -4.55. The second-order valence-electron chi connectivity index (χ2n) is 7.80. The highest BCUT2D eigenvalue weighted by Gasteiger charge is 2.38. The monoisotopic (exact) mass is 549 g/mol. The summed E-state index contributed by atoms with van der Waals surface area (Å²) >= 11 is 0. The zero-order valence-corrected chi connectivity index (χ0v) is 21.2. The number of hydrogen-bond donors (Lipinski definition) is 4. The van der Waals surface area contributed by atoms with Crippen LogP contribution >= 0.6 is 0 Å². The molecular formula is C26H30F3N5O5.